The molecule has 0 atom stereocenters. The van der Waals surface area contributed by atoms with Gasteiger partial charge in [-0.15, -0.1) is 0 Å². The molecule has 1 aromatic heterocycles. The Morgan fingerprint density at radius 2 is 2.06 bits per heavy atom. The number of hydrogen-bond donors (Lipinski definition) is 1. The molecule has 1 rings (SSSR count). The first-order valence-electron chi connectivity index (χ1n) is 6.17. The summed E-state index contributed by atoms with van der Waals surface area (Å²) in [7, 11) is 0. The second kappa shape index (κ2) is 6.34. The molecular formula is C13H22BrN3. The zero-order chi connectivity index (χ0) is 12.9. The van der Waals surface area contributed by atoms with Crippen molar-refractivity contribution in [2.45, 2.75) is 47.0 Å². The monoisotopic (exact) mass is 299 g/mol. The van der Waals surface area contributed by atoms with Gasteiger partial charge in [0.2, 0.25) is 0 Å². The molecule has 0 saturated heterocycles. The van der Waals surface area contributed by atoms with Crippen LogP contribution in [-0.2, 0) is 6.42 Å². The molecule has 0 aromatic carbocycles. The molecule has 0 fully saturated rings. The van der Waals surface area contributed by atoms with Crippen molar-refractivity contribution in [3.63, 3.8) is 0 Å². The van der Waals surface area contributed by atoms with Crippen LogP contribution in [0.3, 0.4) is 0 Å². The van der Waals surface area contributed by atoms with Crippen LogP contribution in [0.1, 0.15) is 46.4 Å². The molecular weight excluding hydrogens is 278 g/mol. The van der Waals surface area contributed by atoms with E-state index in [1.165, 1.54) is 0 Å². The highest BCUT2D eigenvalue weighted by Gasteiger charge is 2.12. The number of halogens is 1. The number of rotatable bonds is 5. The lowest BCUT2D eigenvalue weighted by molar-refractivity contribution is 0.374. The van der Waals surface area contributed by atoms with Crippen LogP contribution in [0.4, 0.5) is 5.82 Å². The Bertz CT molecular complexity index is 358. The summed E-state index contributed by atoms with van der Waals surface area (Å²) in [6.07, 6.45) is 4.95. The van der Waals surface area contributed by atoms with Crippen LogP contribution in [0.15, 0.2) is 10.7 Å². The van der Waals surface area contributed by atoms with Gasteiger partial charge in [-0.05, 0) is 34.2 Å². The van der Waals surface area contributed by atoms with Crippen molar-refractivity contribution < 1.29 is 0 Å². The fourth-order valence-corrected chi connectivity index (χ4v) is 1.71. The van der Waals surface area contributed by atoms with E-state index in [2.05, 4.69) is 58.9 Å². The van der Waals surface area contributed by atoms with Crippen molar-refractivity contribution in [1.29, 1.82) is 0 Å². The second-order valence-corrected chi connectivity index (χ2v) is 6.32. The second-order valence-electron chi connectivity index (χ2n) is 5.47. The van der Waals surface area contributed by atoms with Crippen molar-refractivity contribution >= 4 is 21.7 Å². The number of nitrogens with one attached hydrogen (secondary N) is 1. The minimum atomic E-state index is 0.327. The molecule has 0 aliphatic heterocycles. The van der Waals surface area contributed by atoms with Crippen molar-refractivity contribution in [3.8, 4) is 0 Å². The SMILES string of the molecule is CCCNc1nc(CCC(C)(C)C)ncc1Br. The maximum Gasteiger partial charge on any atom is 0.144 e. The number of nitrogens with zero attached hydrogens (tertiary/aromatic N) is 2. The third kappa shape index (κ3) is 5.48. The Labute approximate surface area is 113 Å². The maximum absolute atomic E-state index is 4.54. The standard InChI is InChI=1S/C13H22BrN3/c1-5-8-15-12-10(14)9-16-11(17-12)6-7-13(2,3)4/h9H,5-8H2,1-4H3,(H,15,16,17). The van der Waals surface area contributed by atoms with Crippen LogP contribution in [0.25, 0.3) is 0 Å². The predicted molar refractivity (Wildman–Crippen MR) is 76.3 cm³/mol. The molecule has 0 unspecified atom stereocenters. The average molecular weight is 300 g/mol. The molecule has 1 heterocycles. The maximum atomic E-state index is 4.54. The minimum absolute atomic E-state index is 0.327. The zero-order valence-electron chi connectivity index (χ0n) is 11.2. The molecule has 96 valence electrons. The summed E-state index contributed by atoms with van der Waals surface area (Å²) in [5.41, 5.74) is 0.327. The quantitative estimate of drug-likeness (QED) is 0.891. The van der Waals surface area contributed by atoms with E-state index in [0.717, 1.165) is 41.9 Å². The fourth-order valence-electron chi connectivity index (χ4n) is 1.38. The van der Waals surface area contributed by atoms with Gasteiger partial charge >= 0.3 is 0 Å². The van der Waals surface area contributed by atoms with E-state index in [1.54, 1.807) is 0 Å². The molecule has 0 spiro atoms. The molecule has 3 nitrogen and oxygen atoms in total. The molecule has 0 amide bonds. The summed E-state index contributed by atoms with van der Waals surface area (Å²) in [6, 6.07) is 0. The third-order valence-electron chi connectivity index (χ3n) is 2.44. The zero-order valence-corrected chi connectivity index (χ0v) is 12.8. The summed E-state index contributed by atoms with van der Waals surface area (Å²) < 4.78 is 0.936. The average Bonchev–Trinajstić information content (AvgIpc) is 2.25. The van der Waals surface area contributed by atoms with Crippen LogP contribution >= 0.6 is 15.9 Å². The highest BCUT2D eigenvalue weighted by Crippen LogP contribution is 2.22. The van der Waals surface area contributed by atoms with E-state index in [4.69, 9.17) is 0 Å². The first kappa shape index (κ1) is 14.4. The molecule has 1 N–H and O–H groups in total. The first-order chi connectivity index (χ1) is 7.92. The van der Waals surface area contributed by atoms with Gasteiger partial charge in [0.15, 0.2) is 0 Å². The van der Waals surface area contributed by atoms with Crippen molar-refractivity contribution in [2.24, 2.45) is 5.41 Å². The lowest BCUT2D eigenvalue weighted by Gasteiger charge is -2.17. The minimum Gasteiger partial charge on any atom is -0.369 e. The van der Waals surface area contributed by atoms with E-state index < -0.39 is 0 Å². The van der Waals surface area contributed by atoms with Crippen LogP contribution in [0.5, 0.6) is 0 Å². The van der Waals surface area contributed by atoms with Gasteiger partial charge in [-0.1, -0.05) is 27.7 Å². The number of hydrogen-bond acceptors (Lipinski definition) is 3. The summed E-state index contributed by atoms with van der Waals surface area (Å²) in [5.74, 6) is 1.83. The Balaban J connectivity index is 2.67. The number of aromatic nitrogens is 2. The Morgan fingerprint density at radius 1 is 1.35 bits per heavy atom. The Kier molecular flexibility index (Phi) is 5.37. The van der Waals surface area contributed by atoms with E-state index in [-0.39, 0.29) is 0 Å². The lowest BCUT2D eigenvalue weighted by Crippen LogP contribution is -2.10. The van der Waals surface area contributed by atoms with Gasteiger partial charge in [0, 0.05) is 19.2 Å². The highest BCUT2D eigenvalue weighted by molar-refractivity contribution is 9.10. The molecule has 0 aliphatic carbocycles. The van der Waals surface area contributed by atoms with Gasteiger partial charge in [-0.3, -0.25) is 0 Å². The van der Waals surface area contributed by atoms with Gasteiger partial charge in [-0.25, -0.2) is 9.97 Å². The largest absolute Gasteiger partial charge is 0.369 e. The third-order valence-corrected chi connectivity index (χ3v) is 3.02. The Hall–Kier alpha value is -0.640. The molecule has 0 saturated carbocycles. The van der Waals surface area contributed by atoms with Crippen LogP contribution in [0, 0.1) is 5.41 Å². The normalized spacial score (nSPS) is 11.6. The molecule has 0 bridgehead atoms. The van der Waals surface area contributed by atoms with Crippen molar-refractivity contribution in [3.05, 3.63) is 16.5 Å². The predicted octanol–water partition coefficient (Wildman–Crippen LogP) is 4.04. The molecule has 17 heavy (non-hydrogen) atoms. The van der Waals surface area contributed by atoms with Gasteiger partial charge in [0.25, 0.3) is 0 Å². The summed E-state index contributed by atoms with van der Waals surface area (Å²) in [4.78, 5) is 8.90. The van der Waals surface area contributed by atoms with Crippen LogP contribution in [0.2, 0.25) is 0 Å². The van der Waals surface area contributed by atoms with Gasteiger partial charge in [-0.2, -0.15) is 0 Å². The van der Waals surface area contributed by atoms with Gasteiger partial charge in [0.05, 0.1) is 4.47 Å². The first-order valence-corrected chi connectivity index (χ1v) is 6.97. The highest BCUT2D eigenvalue weighted by atomic mass is 79.9. The lowest BCUT2D eigenvalue weighted by atomic mass is 9.90. The Morgan fingerprint density at radius 3 is 2.65 bits per heavy atom. The fraction of sp³-hybridized carbons (Fsp3) is 0.692. The van der Waals surface area contributed by atoms with Crippen LogP contribution < -0.4 is 5.32 Å². The van der Waals surface area contributed by atoms with Gasteiger partial charge in [0.1, 0.15) is 11.6 Å². The summed E-state index contributed by atoms with van der Waals surface area (Å²) in [5, 5.41) is 3.30. The number of anilines is 1. The number of aryl methyl sites for hydroxylation is 1. The van der Waals surface area contributed by atoms with E-state index in [0.29, 0.717) is 5.41 Å². The summed E-state index contributed by atoms with van der Waals surface area (Å²) in [6.45, 7) is 9.79. The topological polar surface area (TPSA) is 37.8 Å². The van der Waals surface area contributed by atoms with Crippen molar-refractivity contribution in [2.75, 3.05) is 11.9 Å². The van der Waals surface area contributed by atoms with E-state index >= 15 is 0 Å². The van der Waals surface area contributed by atoms with Gasteiger partial charge < -0.3 is 5.32 Å². The molecule has 1 aromatic rings. The van der Waals surface area contributed by atoms with Crippen LogP contribution in [-0.4, -0.2) is 16.5 Å². The summed E-state index contributed by atoms with van der Waals surface area (Å²) >= 11 is 3.46. The molecule has 4 heteroatoms. The molecule has 0 aliphatic rings. The van der Waals surface area contributed by atoms with E-state index in [9.17, 15) is 0 Å². The smallest absolute Gasteiger partial charge is 0.144 e. The molecule has 0 radical (unpaired) electrons. The van der Waals surface area contributed by atoms with E-state index in [1.807, 2.05) is 6.20 Å². The van der Waals surface area contributed by atoms with Crippen molar-refractivity contribution in [1.82, 2.24) is 9.97 Å².